The van der Waals surface area contributed by atoms with Gasteiger partial charge in [0.1, 0.15) is 5.75 Å². The van der Waals surface area contributed by atoms with Crippen molar-refractivity contribution in [1.82, 2.24) is 10.2 Å². The van der Waals surface area contributed by atoms with Crippen LogP contribution in [0.1, 0.15) is 37.7 Å². The summed E-state index contributed by atoms with van der Waals surface area (Å²) >= 11 is 0. The Hall–Kier alpha value is -2.30. The Morgan fingerprint density at radius 1 is 1.38 bits per heavy atom. The minimum absolute atomic E-state index is 0.0217. The maximum atomic E-state index is 12.4. The third-order valence-corrected chi connectivity index (χ3v) is 4.97. The number of nitrogens with zero attached hydrogens (tertiary/aromatic N) is 1. The van der Waals surface area contributed by atoms with Gasteiger partial charge in [0.15, 0.2) is 0 Å². The lowest BCUT2D eigenvalue weighted by Crippen LogP contribution is -2.33. The number of rotatable bonds is 5. The van der Waals surface area contributed by atoms with Crippen molar-refractivity contribution >= 4 is 11.8 Å². The van der Waals surface area contributed by atoms with Gasteiger partial charge in [-0.15, -0.1) is 0 Å². The van der Waals surface area contributed by atoms with Crippen molar-refractivity contribution in [3.05, 3.63) is 41.0 Å². The van der Waals surface area contributed by atoms with Crippen molar-refractivity contribution < 1.29 is 14.3 Å². The third kappa shape index (κ3) is 3.30. The highest BCUT2D eigenvalue weighted by Crippen LogP contribution is 2.36. The molecule has 2 amide bonds. The molecular formula is C19H24N2O3. The summed E-state index contributed by atoms with van der Waals surface area (Å²) < 4.78 is 5.18. The Morgan fingerprint density at radius 3 is 3.00 bits per heavy atom. The van der Waals surface area contributed by atoms with E-state index in [2.05, 4.69) is 5.32 Å². The van der Waals surface area contributed by atoms with Gasteiger partial charge in [-0.1, -0.05) is 18.6 Å². The average Bonchev–Trinajstić information content (AvgIpc) is 2.85. The first kappa shape index (κ1) is 16.6. The van der Waals surface area contributed by atoms with Crippen molar-refractivity contribution in [3.8, 4) is 5.75 Å². The molecule has 5 nitrogen and oxygen atoms in total. The lowest BCUT2D eigenvalue weighted by atomic mass is 9.88. The number of benzene rings is 1. The van der Waals surface area contributed by atoms with E-state index in [1.165, 1.54) is 5.57 Å². The molecule has 1 atom stereocenters. The van der Waals surface area contributed by atoms with Crippen LogP contribution in [0.2, 0.25) is 0 Å². The number of ether oxygens (including phenoxy) is 1. The van der Waals surface area contributed by atoms with Crippen LogP contribution in [0.15, 0.2) is 35.4 Å². The quantitative estimate of drug-likeness (QED) is 0.903. The van der Waals surface area contributed by atoms with Crippen LogP contribution in [0.4, 0.5) is 0 Å². The highest BCUT2D eigenvalue weighted by atomic mass is 16.5. The summed E-state index contributed by atoms with van der Waals surface area (Å²) in [6.45, 7) is 0.437. The van der Waals surface area contributed by atoms with E-state index in [4.69, 9.17) is 4.74 Å². The van der Waals surface area contributed by atoms with E-state index >= 15 is 0 Å². The summed E-state index contributed by atoms with van der Waals surface area (Å²) in [6, 6.07) is 7.82. The summed E-state index contributed by atoms with van der Waals surface area (Å²) in [7, 11) is 3.47. The lowest BCUT2D eigenvalue weighted by molar-refractivity contribution is -0.128. The molecule has 1 saturated carbocycles. The molecule has 0 bridgehead atoms. The summed E-state index contributed by atoms with van der Waals surface area (Å²) in [5.41, 5.74) is 2.88. The molecule has 0 radical (unpaired) electrons. The zero-order valence-electron chi connectivity index (χ0n) is 14.3. The Labute approximate surface area is 142 Å². The molecule has 1 aromatic carbocycles. The number of nitrogens with one attached hydrogen (secondary N) is 1. The zero-order chi connectivity index (χ0) is 17.1. The first-order valence-electron chi connectivity index (χ1n) is 8.49. The SMILES string of the molecule is COc1cccc(CNC(=O)CC2=C3CCCCC3N(C)C2=O)c1. The van der Waals surface area contributed by atoms with Crippen LogP contribution < -0.4 is 10.1 Å². The Balaban J connectivity index is 1.63. The fourth-order valence-corrected chi connectivity index (χ4v) is 3.66. The van der Waals surface area contributed by atoms with Crippen molar-refractivity contribution in [1.29, 1.82) is 0 Å². The monoisotopic (exact) mass is 328 g/mol. The van der Waals surface area contributed by atoms with Crippen LogP contribution in [0.3, 0.4) is 0 Å². The minimum atomic E-state index is -0.103. The molecule has 1 unspecified atom stereocenters. The Kier molecular flexibility index (Phi) is 4.88. The molecule has 128 valence electrons. The fraction of sp³-hybridized carbons (Fsp3) is 0.474. The van der Waals surface area contributed by atoms with Gasteiger partial charge < -0.3 is 15.0 Å². The van der Waals surface area contributed by atoms with E-state index in [9.17, 15) is 9.59 Å². The maximum absolute atomic E-state index is 12.4. The van der Waals surface area contributed by atoms with E-state index in [0.29, 0.717) is 12.1 Å². The molecule has 24 heavy (non-hydrogen) atoms. The van der Waals surface area contributed by atoms with Gasteiger partial charge in [0, 0.05) is 19.2 Å². The molecule has 1 aromatic rings. The number of carbonyl (C=O) groups excluding carboxylic acids is 2. The number of hydrogen-bond acceptors (Lipinski definition) is 3. The largest absolute Gasteiger partial charge is 0.497 e. The van der Waals surface area contributed by atoms with Crippen LogP contribution in [0.25, 0.3) is 0 Å². The van der Waals surface area contributed by atoms with E-state index in [0.717, 1.165) is 37.0 Å². The molecule has 1 aliphatic carbocycles. The number of fused-ring (bicyclic) bond motifs is 1. The third-order valence-electron chi connectivity index (χ3n) is 4.97. The molecule has 0 saturated heterocycles. The number of methoxy groups -OCH3 is 1. The molecule has 1 heterocycles. The molecule has 1 aliphatic heterocycles. The second-order valence-corrected chi connectivity index (χ2v) is 6.49. The molecular weight excluding hydrogens is 304 g/mol. The van der Waals surface area contributed by atoms with Crippen molar-refractivity contribution in [2.75, 3.05) is 14.2 Å². The predicted molar refractivity (Wildman–Crippen MR) is 91.5 cm³/mol. The molecule has 3 rings (SSSR count). The van der Waals surface area contributed by atoms with Crippen LogP contribution in [0, 0.1) is 0 Å². The number of carbonyl (C=O) groups is 2. The first-order chi connectivity index (χ1) is 11.6. The lowest BCUT2D eigenvalue weighted by Gasteiger charge is -2.26. The summed E-state index contributed by atoms with van der Waals surface area (Å²) in [6.07, 6.45) is 4.41. The van der Waals surface area contributed by atoms with E-state index in [1.54, 1.807) is 12.0 Å². The number of likely N-dealkylation sites (N-methyl/N-ethyl adjacent to an activating group) is 1. The molecule has 1 N–H and O–H groups in total. The van der Waals surface area contributed by atoms with Gasteiger partial charge in [-0.2, -0.15) is 0 Å². The van der Waals surface area contributed by atoms with Gasteiger partial charge >= 0.3 is 0 Å². The molecule has 0 aromatic heterocycles. The number of hydrogen-bond donors (Lipinski definition) is 1. The predicted octanol–water partition coefficient (Wildman–Crippen LogP) is 2.41. The average molecular weight is 328 g/mol. The van der Waals surface area contributed by atoms with Gasteiger partial charge in [0.25, 0.3) is 5.91 Å². The van der Waals surface area contributed by atoms with Crippen molar-refractivity contribution in [2.24, 2.45) is 0 Å². The minimum Gasteiger partial charge on any atom is -0.497 e. The summed E-state index contributed by atoms with van der Waals surface area (Å²) in [5, 5.41) is 2.91. The molecule has 2 aliphatic rings. The van der Waals surface area contributed by atoms with Crippen LogP contribution in [-0.4, -0.2) is 36.9 Å². The molecule has 0 spiro atoms. The van der Waals surface area contributed by atoms with Gasteiger partial charge in [-0.3, -0.25) is 9.59 Å². The van der Waals surface area contributed by atoms with Crippen molar-refractivity contribution in [2.45, 2.75) is 44.7 Å². The second kappa shape index (κ2) is 7.07. The summed E-state index contributed by atoms with van der Waals surface area (Å²) in [5.74, 6) is 0.686. The van der Waals surface area contributed by atoms with Gasteiger partial charge in [-0.25, -0.2) is 0 Å². The van der Waals surface area contributed by atoms with E-state index in [-0.39, 0.29) is 24.3 Å². The smallest absolute Gasteiger partial charge is 0.250 e. The molecule has 5 heteroatoms. The van der Waals surface area contributed by atoms with Crippen LogP contribution in [0.5, 0.6) is 5.75 Å². The highest BCUT2D eigenvalue weighted by Gasteiger charge is 2.38. The van der Waals surface area contributed by atoms with Gasteiger partial charge in [0.2, 0.25) is 5.91 Å². The summed E-state index contributed by atoms with van der Waals surface area (Å²) in [4.78, 5) is 26.5. The Bertz CT molecular complexity index is 681. The fourth-order valence-electron chi connectivity index (χ4n) is 3.66. The van der Waals surface area contributed by atoms with Crippen molar-refractivity contribution in [3.63, 3.8) is 0 Å². The topological polar surface area (TPSA) is 58.6 Å². The van der Waals surface area contributed by atoms with Crippen LogP contribution >= 0.6 is 0 Å². The molecule has 1 fully saturated rings. The Morgan fingerprint density at radius 2 is 2.21 bits per heavy atom. The van der Waals surface area contributed by atoms with Gasteiger partial charge in [-0.05, 0) is 42.5 Å². The van der Waals surface area contributed by atoms with E-state index < -0.39 is 0 Å². The second-order valence-electron chi connectivity index (χ2n) is 6.49. The highest BCUT2D eigenvalue weighted by molar-refractivity contribution is 6.02. The van der Waals surface area contributed by atoms with Crippen LogP contribution in [-0.2, 0) is 16.1 Å². The number of amides is 2. The standard InChI is InChI=1S/C19H24N2O3/c1-21-17-9-4-3-8-15(17)16(19(21)23)11-18(22)20-12-13-6-5-7-14(10-13)24-2/h5-7,10,17H,3-4,8-9,11-12H2,1-2H3,(H,20,22). The first-order valence-corrected chi connectivity index (χ1v) is 8.49. The van der Waals surface area contributed by atoms with Gasteiger partial charge in [0.05, 0.1) is 19.6 Å². The van der Waals surface area contributed by atoms with E-state index in [1.807, 2.05) is 31.3 Å². The zero-order valence-corrected chi connectivity index (χ0v) is 14.3. The normalized spacial score (nSPS) is 20.2. The maximum Gasteiger partial charge on any atom is 0.250 e.